The molecule has 0 radical (unpaired) electrons. The predicted octanol–water partition coefficient (Wildman–Crippen LogP) is 0.605. The Morgan fingerprint density at radius 1 is 1.28 bits per heavy atom. The van der Waals surface area contributed by atoms with Crippen molar-refractivity contribution in [1.82, 2.24) is 14.9 Å². The standard InChI is InChI=1S/C14H19F2N3O5S/c1-9(13(20)21)8-19(2)14(22)17-5-6-18-25(23,24)12-4-3-10(15)7-11(12)16/h3-4,7,9,18H,5-6,8H2,1-2H3,(H,17,22)(H,20,21). The Hall–Kier alpha value is -2.27. The van der Waals surface area contributed by atoms with Crippen LogP contribution in [0.3, 0.4) is 0 Å². The van der Waals surface area contributed by atoms with Gasteiger partial charge in [0.2, 0.25) is 10.0 Å². The van der Waals surface area contributed by atoms with E-state index in [2.05, 4.69) is 10.0 Å². The second kappa shape index (κ2) is 8.72. The van der Waals surface area contributed by atoms with E-state index in [1.807, 2.05) is 0 Å². The number of carboxylic acids is 1. The van der Waals surface area contributed by atoms with Crippen LogP contribution in [0, 0.1) is 17.6 Å². The number of nitrogens with zero attached hydrogens (tertiary/aromatic N) is 1. The molecule has 0 aliphatic rings. The predicted molar refractivity (Wildman–Crippen MR) is 84.4 cm³/mol. The highest BCUT2D eigenvalue weighted by Crippen LogP contribution is 2.14. The largest absolute Gasteiger partial charge is 0.481 e. The summed E-state index contributed by atoms with van der Waals surface area (Å²) in [5, 5.41) is 11.2. The van der Waals surface area contributed by atoms with Crippen molar-refractivity contribution in [2.24, 2.45) is 5.92 Å². The quantitative estimate of drug-likeness (QED) is 0.572. The topological polar surface area (TPSA) is 116 Å². The molecule has 0 aliphatic heterocycles. The first-order valence-corrected chi connectivity index (χ1v) is 8.69. The fourth-order valence-corrected chi connectivity index (χ4v) is 2.92. The SMILES string of the molecule is CC(CN(C)C(=O)NCCNS(=O)(=O)c1ccc(F)cc1F)C(=O)O. The lowest BCUT2D eigenvalue weighted by molar-refractivity contribution is -0.141. The van der Waals surface area contributed by atoms with Gasteiger partial charge >= 0.3 is 12.0 Å². The molecule has 0 bridgehead atoms. The number of carbonyl (C=O) groups is 2. The number of halogens is 2. The molecule has 1 rings (SSSR count). The fraction of sp³-hybridized carbons (Fsp3) is 0.429. The van der Waals surface area contributed by atoms with Crippen LogP contribution >= 0.6 is 0 Å². The summed E-state index contributed by atoms with van der Waals surface area (Å²) in [5.74, 6) is -3.93. The van der Waals surface area contributed by atoms with Crippen LogP contribution < -0.4 is 10.0 Å². The minimum atomic E-state index is -4.19. The summed E-state index contributed by atoms with van der Waals surface area (Å²) in [7, 11) is -2.79. The molecule has 1 unspecified atom stereocenters. The minimum absolute atomic E-state index is 0.0202. The molecule has 0 spiro atoms. The Labute approximate surface area is 143 Å². The van der Waals surface area contributed by atoms with E-state index in [-0.39, 0.29) is 19.6 Å². The summed E-state index contributed by atoms with van der Waals surface area (Å²) in [6.07, 6.45) is 0. The maximum Gasteiger partial charge on any atom is 0.317 e. The number of urea groups is 1. The van der Waals surface area contributed by atoms with E-state index in [4.69, 9.17) is 5.11 Å². The molecule has 140 valence electrons. The molecule has 0 fully saturated rings. The van der Waals surface area contributed by atoms with Crippen molar-refractivity contribution in [3.8, 4) is 0 Å². The van der Waals surface area contributed by atoms with E-state index >= 15 is 0 Å². The lowest BCUT2D eigenvalue weighted by Gasteiger charge is -2.20. The smallest absolute Gasteiger partial charge is 0.317 e. The monoisotopic (exact) mass is 379 g/mol. The first-order chi connectivity index (χ1) is 11.5. The lowest BCUT2D eigenvalue weighted by Crippen LogP contribution is -2.43. The number of hydrogen-bond acceptors (Lipinski definition) is 4. The summed E-state index contributed by atoms with van der Waals surface area (Å²) < 4.78 is 52.2. The summed E-state index contributed by atoms with van der Waals surface area (Å²) in [5.41, 5.74) is 0. The highest BCUT2D eigenvalue weighted by atomic mass is 32.2. The molecule has 2 amide bonds. The average Bonchev–Trinajstić information content (AvgIpc) is 2.50. The van der Waals surface area contributed by atoms with Crippen molar-refractivity contribution < 1.29 is 31.9 Å². The highest BCUT2D eigenvalue weighted by molar-refractivity contribution is 7.89. The molecule has 0 saturated carbocycles. The van der Waals surface area contributed by atoms with Crippen LogP contribution in [-0.2, 0) is 14.8 Å². The van der Waals surface area contributed by atoms with Gasteiger partial charge in [0.05, 0.1) is 5.92 Å². The number of hydrogen-bond donors (Lipinski definition) is 3. The van der Waals surface area contributed by atoms with Crippen LogP contribution in [0.4, 0.5) is 13.6 Å². The second-order valence-corrected chi connectivity index (χ2v) is 7.06. The van der Waals surface area contributed by atoms with Gasteiger partial charge in [-0.3, -0.25) is 4.79 Å². The highest BCUT2D eigenvalue weighted by Gasteiger charge is 2.20. The molecule has 0 saturated heterocycles. The van der Waals surface area contributed by atoms with Gasteiger partial charge in [0.1, 0.15) is 16.5 Å². The molecule has 1 aromatic rings. The number of rotatable bonds is 8. The summed E-state index contributed by atoms with van der Waals surface area (Å²) in [4.78, 5) is 22.9. The van der Waals surface area contributed by atoms with E-state index < -0.39 is 44.5 Å². The Bertz CT molecular complexity index is 742. The molecule has 0 aliphatic carbocycles. The van der Waals surface area contributed by atoms with Gasteiger partial charge in [-0.1, -0.05) is 6.92 Å². The van der Waals surface area contributed by atoms with Crippen molar-refractivity contribution in [2.45, 2.75) is 11.8 Å². The molecule has 1 aromatic carbocycles. The van der Waals surface area contributed by atoms with E-state index in [0.29, 0.717) is 6.07 Å². The number of aliphatic carboxylic acids is 1. The molecule has 25 heavy (non-hydrogen) atoms. The van der Waals surface area contributed by atoms with E-state index in [9.17, 15) is 26.8 Å². The molecule has 8 nitrogen and oxygen atoms in total. The van der Waals surface area contributed by atoms with Crippen LogP contribution in [0.2, 0.25) is 0 Å². The van der Waals surface area contributed by atoms with Gasteiger partial charge < -0.3 is 15.3 Å². The van der Waals surface area contributed by atoms with Crippen molar-refractivity contribution in [3.63, 3.8) is 0 Å². The van der Waals surface area contributed by atoms with Gasteiger partial charge in [-0.25, -0.2) is 26.7 Å². The molecule has 11 heteroatoms. The average molecular weight is 379 g/mol. The lowest BCUT2D eigenvalue weighted by atomic mass is 10.2. The summed E-state index contributed by atoms with van der Waals surface area (Å²) in [6, 6.07) is 1.49. The van der Waals surface area contributed by atoms with Crippen LogP contribution in [0.25, 0.3) is 0 Å². The number of benzene rings is 1. The van der Waals surface area contributed by atoms with Gasteiger partial charge in [0.25, 0.3) is 0 Å². The van der Waals surface area contributed by atoms with Crippen LogP contribution in [0.5, 0.6) is 0 Å². The second-order valence-electron chi connectivity index (χ2n) is 5.32. The Balaban J connectivity index is 2.49. The number of carboxylic acid groups (broad SMARTS) is 1. The summed E-state index contributed by atoms with van der Waals surface area (Å²) in [6.45, 7) is 1.09. The zero-order valence-electron chi connectivity index (χ0n) is 13.6. The number of nitrogens with one attached hydrogen (secondary N) is 2. The van der Waals surface area contributed by atoms with E-state index in [0.717, 1.165) is 17.0 Å². The first kappa shape index (κ1) is 20.8. The molecular weight excluding hydrogens is 360 g/mol. The fourth-order valence-electron chi connectivity index (χ4n) is 1.83. The van der Waals surface area contributed by atoms with E-state index in [1.54, 1.807) is 0 Å². The first-order valence-electron chi connectivity index (χ1n) is 7.21. The minimum Gasteiger partial charge on any atom is -0.481 e. The normalized spacial score (nSPS) is 12.5. The van der Waals surface area contributed by atoms with Crippen molar-refractivity contribution in [2.75, 3.05) is 26.7 Å². The maximum absolute atomic E-state index is 13.5. The van der Waals surface area contributed by atoms with E-state index in [1.165, 1.54) is 14.0 Å². The van der Waals surface area contributed by atoms with Gasteiger partial charge in [-0.05, 0) is 12.1 Å². The van der Waals surface area contributed by atoms with Gasteiger partial charge in [0, 0.05) is 32.7 Å². The van der Waals surface area contributed by atoms with Gasteiger partial charge in [-0.15, -0.1) is 0 Å². The van der Waals surface area contributed by atoms with Crippen molar-refractivity contribution in [3.05, 3.63) is 29.8 Å². The molecule has 0 heterocycles. The molecule has 0 aromatic heterocycles. The third kappa shape index (κ3) is 6.27. The maximum atomic E-state index is 13.5. The number of carbonyl (C=O) groups excluding carboxylic acids is 1. The summed E-state index contributed by atoms with van der Waals surface area (Å²) >= 11 is 0. The zero-order valence-corrected chi connectivity index (χ0v) is 14.4. The Morgan fingerprint density at radius 3 is 2.48 bits per heavy atom. The van der Waals surface area contributed by atoms with Gasteiger partial charge in [0.15, 0.2) is 0 Å². The molecular formula is C14H19F2N3O5S. The molecule has 1 atom stereocenters. The van der Waals surface area contributed by atoms with Crippen LogP contribution in [0.15, 0.2) is 23.1 Å². The van der Waals surface area contributed by atoms with Crippen LogP contribution in [0.1, 0.15) is 6.92 Å². The van der Waals surface area contributed by atoms with Gasteiger partial charge in [-0.2, -0.15) is 0 Å². The Kier molecular flexibility index (Phi) is 7.24. The van der Waals surface area contributed by atoms with Crippen molar-refractivity contribution in [1.29, 1.82) is 0 Å². The third-order valence-corrected chi connectivity index (χ3v) is 4.69. The third-order valence-electron chi connectivity index (χ3n) is 3.19. The molecule has 3 N–H and O–H groups in total. The number of amides is 2. The zero-order chi connectivity index (χ0) is 19.2. The van der Waals surface area contributed by atoms with Crippen molar-refractivity contribution >= 4 is 22.0 Å². The number of sulfonamides is 1. The van der Waals surface area contributed by atoms with Crippen LogP contribution in [-0.4, -0.2) is 57.1 Å². The Morgan fingerprint density at radius 2 is 1.92 bits per heavy atom.